The van der Waals surface area contributed by atoms with Crippen LogP contribution in [0.4, 0.5) is 11.5 Å². The Labute approximate surface area is 121 Å². The third-order valence-electron chi connectivity index (χ3n) is 2.85. The third kappa shape index (κ3) is 3.04. The molecule has 0 unspecified atom stereocenters. The van der Waals surface area contributed by atoms with Crippen molar-refractivity contribution in [3.63, 3.8) is 0 Å². The fraction of sp³-hybridized carbons (Fsp3) is 0.308. The minimum atomic E-state index is -0.443. The molecule has 2 heterocycles. The van der Waals surface area contributed by atoms with Crippen molar-refractivity contribution in [1.82, 2.24) is 14.1 Å². The van der Waals surface area contributed by atoms with Crippen LogP contribution in [0.5, 0.6) is 0 Å². The Kier molecular flexibility index (Phi) is 3.97. The van der Waals surface area contributed by atoms with E-state index in [4.69, 9.17) is 10.5 Å². The maximum atomic E-state index is 12.1. The summed E-state index contributed by atoms with van der Waals surface area (Å²) in [4.78, 5) is 27.7. The van der Waals surface area contributed by atoms with E-state index in [1.165, 1.54) is 4.57 Å². The van der Waals surface area contributed by atoms with Gasteiger partial charge < -0.3 is 24.9 Å². The van der Waals surface area contributed by atoms with Gasteiger partial charge in [0.2, 0.25) is 5.82 Å². The first-order valence-corrected chi connectivity index (χ1v) is 6.36. The minimum Gasteiger partial charge on any atom is -0.461 e. The second-order valence-electron chi connectivity index (χ2n) is 4.50. The summed E-state index contributed by atoms with van der Waals surface area (Å²) in [6, 6.07) is 1.54. The smallest absolute Gasteiger partial charge is 0.355 e. The molecular formula is C13H17N5O3. The highest BCUT2D eigenvalue weighted by Crippen LogP contribution is 2.15. The highest BCUT2D eigenvalue weighted by molar-refractivity contribution is 6.02. The first kappa shape index (κ1) is 14.6. The van der Waals surface area contributed by atoms with Crippen molar-refractivity contribution >= 4 is 23.4 Å². The zero-order valence-corrected chi connectivity index (χ0v) is 12.1. The van der Waals surface area contributed by atoms with E-state index in [9.17, 15) is 9.59 Å². The van der Waals surface area contributed by atoms with E-state index >= 15 is 0 Å². The number of hydrogen-bond acceptors (Lipinski definition) is 5. The summed E-state index contributed by atoms with van der Waals surface area (Å²) in [5, 5.41) is 2.66. The van der Waals surface area contributed by atoms with Crippen LogP contribution in [0.2, 0.25) is 0 Å². The first-order valence-electron chi connectivity index (χ1n) is 6.36. The standard InChI is InChI=1S/C13H17N5O3/c1-4-21-13(20)9-5-8(6-17(9)2)15-12(19)11-16-10(14)7-18(11)3/h5-7H,4,14H2,1-3H3,(H,15,19). The summed E-state index contributed by atoms with van der Waals surface area (Å²) >= 11 is 0. The monoisotopic (exact) mass is 291 g/mol. The predicted molar refractivity (Wildman–Crippen MR) is 76.9 cm³/mol. The van der Waals surface area contributed by atoms with E-state index in [-0.39, 0.29) is 18.2 Å². The molecule has 0 aromatic carbocycles. The summed E-state index contributed by atoms with van der Waals surface area (Å²) in [6.07, 6.45) is 3.17. The van der Waals surface area contributed by atoms with Crippen LogP contribution in [-0.2, 0) is 18.8 Å². The molecule has 0 aliphatic rings. The normalized spacial score (nSPS) is 10.4. The van der Waals surface area contributed by atoms with Crippen molar-refractivity contribution in [3.8, 4) is 0 Å². The predicted octanol–water partition coefficient (Wildman–Crippen LogP) is 0.770. The van der Waals surface area contributed by atoms with Crippen LogP contribution in [0.3, 0.4) is 0 Å². The molecule has 0 atom stereocenters. The summed E-state index contributed by atoms with van der Waals surface area (Å²) in [7, 11) is 3.37. The van der Waals surface area contributed by atoms with Crippen LogP contribution in [0.25, 0.3) is 0 Å². The maximum absolute atomic E-state index is 12.1. The van der Waals surface area contributed by atoms with Gasteiger partial charge in [-0.2, -0.15) is 0 Å². The molecule has 0 spiro atoms. The molecule has 8 heteroatoms. The summed E-state index contributed by atoms with van der Waals surface area (Å²) < 4.78 is 8.04. The van der Waals surface area contributed by atoms with Gasteiger partial charge in [-0.3, -0.25) is 4.79 Å². The Morgan fingerprint density at radius 3 is 2.62 bits per heavy atom. The van der Waals surface area contributed by atoms with Crippen LogP contribution < -0.4 is 11.1 Å². The lowest BCUT2D eigenvalue weighted by molar-refractivity contribution is 0.0515. The molecule has 2 aromatic heterocycles. The molecule has 0 radical (unpaired) electrons. The van der Waals surface area contributed by atoms with Crippen LogP contribution in [-0.4, -0.2) is 32.6 Å². The first-order chi connectivity index (χ1) is 9.92. The summed E-state index contributed by atoms with van der Waals surface area (Å²) in [6.45, 7) is 2.02. The molecule has 2 rings (SSSR count). The summed E-state index contributed by atoms with van der Waals surface area (Å²) in [5.41, 5.74) is 6.37. The Morgan fingerprint density at radius 2 is 2.05 bits per heavy atom. The average molecular weight is 291 g/mol. The average Bonchev–Trinajstić information content (AvgIpc) is 2.92. The van der Waals surface area contributed by atoms with Gasteiger partial charge in [0.15, 0.2) is 0 Å². The second kappa shape index (κ2) is 5.70. The number of carbonyl (C=O) groups is 2. The molecule has 0 saturated heterocycles. The van der Waals surface area contributed by atoms with Gasteiger partial charge in [0.05, 0.1) is 12.3 Å². The number of aromatic nitrogens is 3. The number of esters is 1. The number of ether oxygens (including phenoxy) is 1. The van der Waals surface area contributed by atoms with Gasteiger partial charge in [-0.1, -0.05) is 0 Å². The number of carbonyl (C=O) groups excluding carboxylic acids is 2. The zero-order valence-electron chi connectivity index (χ0n) is 12.1. The van der Waals surface area contributed by atoms with E-state index in [2.05, 4.69) is 10.3 Å². The number of nitrogens with zero attached hydrogens (tertiary/aromatic N) is 3. The molecule has 0 saturated carbocycles. The van der Waals surface area contributed by atoms with Crippen LogP contribution in [0.1, 0.15) is 28.0 Å². The van der Waals surface area contributed by atoms with E-state index in [0.29, 0.717) is 11.4 Å². The van der Waals surface area contributed by atoms with Crippen LogP contribution in [0.15, 0.2) is 18.5 Å². The minimum absolute atomic E-state index is 0.189. The maximum Gasteiger partial charge on any atom is 0.355 e. The Bertz CT molecular complexity index is 686. The molecule has 3 N–H and O–H groups in total. The van der Waals surface area contributed by atoms with Crippen molar-refractivity contribution in [2.75, 3.05) is 17.7 Å². The Balaban J connectivity index is 2.17. The van der Waals surface area contributed by atoms with Crippen molar-refractivity contribution in [2.24, 2.45) is 14.1 Å². The van der Waals surface area contributed by atoms with E-state index in [1.54, 1.807) is 44.0 Å². The zero-order chi connectivity index (χ0) is 15.6. The molecule has 0 aliphatic carbocycles. The fourth-order valence-corrected chi connectivity index (χ4v) is 1.93. The van der Waals surface area contributed by atoms with Gasteiger partial charge in [-0.15, -0.1) is 0 Å². The fourth-order valence-electron chi connectivity index (χ4n) is 1.93. The quantitative estimate of drug-likeness (QED) is 0.810. The van der Waals surface area contributed by atoms with Gasteiger partial charge in [0.1, 0.15) is 11.5 Å². The number of anilines is 2. The van der Waals surface area contributed by atoms with E-state index < -0.39 is 11.9 Å². The molecule has 0 fully saturated rings. The van der Waals surface area contributed by atoms with E-state index in [0.717, 1.165) is 0 Å². The number of nitrogens with one attached hydrogen (secondary N) is 1. The number of imidazole rings is 1. The molecule has 0 bridgehead atoms. The molecule has 2 aromatic rings. The number of aryl methyl sites for hydroxylation is 2. The lowest BCUT2D eigenvalue weighted by Gasteiger charge is -2.01. The van der Waals surface area contributed by atoms with Crippen molar-refractivity contribution in [1.29, 1.82) is 0 Å². The largest absolute Gasteiger partial charge is 0.461 e. The van der Waals surface area contributed by atoms with Gasteiger partial charge in [-0.05, 0) is 13.0 Å². The van der Waals surface area contributed by atoms with Gasteiger partial charge in [0.25, 0.3) is 5.91 Å². The molecule has 0 aliphatic heterocycles. The van der Waals surface area contributed by atoms with Gasteiger partial charge >= 0.3 is 5.97 Å². The van der Waals surface area contributed by atoms with Crippen molar-refractivity contribution < 1.29 is 14.3 Å². The second-order valence-corrected chi connectivity index (χ2v) is 4.50. The topological polar surface area (TPSA) is 104 Å². The SMILES string of the molecule is CCOC(=O)c1cc(NC(=O)c2nc(N)cn2C)cn1C. The Morgan fingerprint density at radius 1 is 1.33 bits per heavy atom. The molecular weight excluding hydrogens is 274 g/mol. The Hall–Kier alpha value is -2.77. The molecule has 1 amide bonds. The van der Waals surface area contributed by atoms with Crippen molar-refractivity contribution in [3.05, 3.63) is 30.0 Å². The third-order valence-corrected chi connectivity index (χ3v) is 2.85. The number of nitrogen functional groups attached to an aromatic ring is 1. The van der Waals surface area contributed by atoms with Crippen LogP contribution >= 0.6 is 0 Å². The number of rotatable bonds is 4. The highest BCUT2D eigenvalue weighted by atomic mass is 16.5. The highest BCUT2D eigenvalue weighted by Gasteiger charge is 2.17. The van der Waals surface area contributed by atoms with E-state index in [1.807, 2.05) is 0 Å². The lowest BCUT2D eigenvalue weighted by Crippen LogP contribution is -2.16. The van der Waals surface area contributed by atoms with Crippen LogP contribution in [0, 0.1) is 0 Å². The molecule has 21 heavy (non-hydrogen) atoms. The van der Waals surface area contributed by atoms with Gasteiger partial charge in [-0.25, -0.2) is 9.78 Å². The van der Waals surface area contributed by atoms with Crippen molar-refractivity contribution in [2.45, 2.75) is 6.92 Å². The lowest BCUT2D eigenvalue weighted by atomic mass is 10.4. The summed E-state index contributed by atoms with van der Waals surface area (Å²) in [5.74, 6) is -0.395. The number of nitrogens with two attached hydrogens (primary N) is 1. The number of amides is 1. The van der Waals surface area contributed by atoms with Gasteiger partial charge in [0, 0.05) is 26.5 Å². The molecule has 8 nitrogen and oxygen atoms in total. The number of hydrogen-bond donors (Lipinski definition) is 2. The molecule has 112 valence electrons.